The molecule has 1 fully saturated rings. The molecule has 0 spiro atoms. The molecular weight excluding hydrogens is 428 g/mol. The number of carbonyl (C=O) groups excluding carboxylic acids is 1. The molecule has 1 aliphatic rings. The fourth-order valence-electron chi connectivity index (χ4n) is 3.35. The second kappa shape index (κ2) is 8.75. The second-order valence-electron chi connectivity index (χ2n) is 7.11. The summed E-state index contributed by atoms with van der Waals surface area (Å²) in [6.45, 7) is 0.417. The highest BCUT2D eigenvalue weighted by Crippen LogP contribution is 2.28. The van der Waals surface area contributed by atoms with Crippen molar-refractivity contribution in [2.45, 2.75) is 22.6 Å². The van der Waals surface area contributed by atoms with E-state index in [4.69, 9.17) is 4.74 Å². The first-order chi connectivity index (χ1) is 14.1. The summed E-state index contributed by atoms with van der Waals surface area (Å²) >= 11 is 0. The van der Waals surface area contributed by atoms with E-state index in [1.807, 2.05) is 0 Å². The van der Waals surface area contributed by atoms with Crippen molar-refractivity contribution >= 4 is 31.5 Å². The Morgan fingerprint density at radius 1 is 0.967 bits per heavy atom. The Morgan fingerprint density at radius 2 is 1.53 bits per heavy atom. The van der Waals surface area contributed by atoms with Crippen LogP contribution in [0.15, 0.2) is 58.3 Å². The smallest absolute Gasteiger partial charge is 0.243 e. The van der Waals surface area contributed by atoms with E-state index in [1.165, 1.54) is 35.7 Å². The van der Waals surface area contributed by atoms with Crippen LogP contribution >= 0.6 is 0 Å². The number of amides is 1. The molecule has 2 aromatic carbocycles. The summed E-state index contributed by atoms with van der Waals surface area (Å²) in [6.07, 6.45) is 1.85. The van der Waals surface area contributed by atoms with Gasteiger partial charge in [0.15, 0.2) is 9.84 Å². The third-order valence-electron chi connectivity index (χ3n) is 5.08. The van der Waals surface area contributed by atoms with Crippen LogP contribution in [0.5, 0.6) is 5.75 Å². The summed E-state index contributed by atoms with van der Waals surface area (Å²) in [4.78, 5) is 12.7. The van der Waals surface area contributed by atoms with E-state index in [9.17, 15) is 21.6 Å². The van der Waals surface area contributed by atoms with Gasteiger partial charge < -0.3 is 10.1 Å². The van der Waals surface area contributed by atoms with Crippen molar-refractivity contribution < 1.29 is 26.4 Å². The summed E-state index contributed by atoms with van der Waals surface area (Å²) in [7, 11) is -5.63. The number of sulfone groups is 1. The van der Waals surface area contributed by atoms with Gasteiger partial charge in [0.2, 0.25) is 15.9 Å². The quantitative estimate of drug-likeness (QED) is 0.719. The Bertz CT molecular complexity index is 1120. The monoisotopic (exact) mass is 452 g/mol. The highest BCUT2D eigenvalue weighted by molar-refractivity contribution is 7.90. The first-order valence-electron chi connectivity index (χ1n) is 9.37. The van der Waals surface area contributed by atoms with E-state index in [0.29, 0.717) is 24.3 Å². The lowest BCUT2D eigenvalue weighted by molar-refractivity contribution is -0.120. The number of methoxy groups -OCH3 is 1. The van der Waals surface area contributed by atoms with Crippen molar-refractivity contribution in [3.63, 3.8) is 0 Å². The summed E-state index contributed by atoms with van der Waals surface area (Å²) in [5.41, 5.74) is 0.575. The molecular formula is C20H24N2O6S2. The van der Waals surface area contributed by atoms with Gasteiger partial charge in [0.25, 0.3) is 0 Å². The molecule has 0 bridgehead atoms. The highest BCUT2D eigenvalue weighted by atomic mass is 32.2. The number of anilines is 1. The fourth-order valence-corrected chi connectivity index (χ4v) is 5.45. The van der Waals surface area contributed by atoms with Gasteiger partial charge in [0.1, 0.15) is 5.75 Å². The summed E-state index contributed by atoms with van der Waals surface area (Å²) in [5.74, 6) is 0.0754. The largest absolute Gasteiger partial charge is 0.495 e. The molecule has 0 saturated carbocycles. The van der Waals surface area contributed by atoms with Crippen LogP contribution < -0.4 is 10.1 Å². The zero-order valence-corrected chi connectivity index (χ0v) is 18.4. The number of nitrogens with one attached hydrogen (secondary N) is 1. The van der Waals surface area contributed by atoms with Crippen molar-refractivity contribution in [2.75, 3.05) is 31.8 Å². The van der Waals surface area contributed by atoms with Gasteiger partial charge >= 0.3 is 0 Å². The zero-order valence-electron chi connectivity index (χ0n) is 16.7. The topological polar surface area (TPSA) is 110 Å². The molecule has 0 aromatic heterocycles. The van der Waals surface area contributed by atoms with Crippen molar-refractivity contribution in [2.24, 2.45) is 5.92 Å². The number of para-hydroxylation sites is 2. The van der Waals surface area contributed by atoms with Crippen LogP contribution in [0.4, 0.5) is 5.69 Å². The average molecular weight is 453 g/mol. The number of sulfonamides is 1. The average Bonchev–Trinajstić information content (AvgIpc) is 2.73. The molecule has 2 aromatic rings. The number of hydrogen-bond acceptors (Lipinski definition) is 6. The lowest BCUT2D eigenvalue weighted by Crippen LogP contribution is -2.41. The zero-order chi connectivity index (χ0) is 21.9. The number of ether oxygens (including phenoxy) is 1. The van der Waals surface area contributed by atoms with Gasteiger partial charge in [-0.3, -0.25) is 4.79 Å². The Hall–Kier alpha value is -2.43. The van der Waals surface area contributed by atoms with Gasteiger partial charge in [-0.05, 0) is 49.2 Å². The lowest BCUT2D eigenvalue weighted by Gasteiger charge is -2.30. The maximum Gasteiger partial charge on any atom is 0.243 e. The second-order valence-corrected chi connectivity index (χ2v) is 11.1. The third kappa shape index (κ3) is 4.82. The predicted octanol–water partition coefficient (Wildman–Crippen LogP) is 2.14. The number of nitrogens with zero attached hydrogens (tertiary/aromatic N) is 1. The predicted molar refractivity (Wildman–Crippen MR) is 113 cm³/mol. The van der Waals surface area contributed by atoms with Crippen molar-refractivity contribution in [1.82, 2.24) is 4.31 Å². The lowest BCUT2D eigenvalue weighted by atomic mass is 9.97. The van der Waals surface area contributed by atoms with E-state index >= 15 is 0 Å². The Morgan fingerprint density at radius 3 is 2.10 bits per heavy atom. The highest BCUT2D eigenvalue weighted by Gasteiger charge is 2.32. The van der Waals surface area contributed by atoms with Crippen LogP contribution in [0.3, 0.4) is 0 Å². The van der Waals surface area contributed by atoms with Gasteiger partial charge in [-0.15, -0.1) is 0 Å². The molecule has 0 unspecified atom stereocenters. The van der Waals surface area contributed by atoms with Crippen LogP contribution in [-0.4, -0.2) is 53.5 Å². The van der Waals surface area contributed by atoms with Crippen LogP contribution in [0.1, 0.15) is 12.8 Å². The van der Waals surface area contributed by atoms with Gasteiger partial charge in [-0.25, -0.2) is 16.8 Å². The van der Waals surface area contributed by atoms with Gasteiger partial charge in [-0.1, -0.05) is 12.1 Å². The molecule has 162 valence electrons. The summed E-state index contributed by atoms with van der Waals surface area (Å²) in [5, 5.41) is 2.85. The van der Waals surface area contributed by atoms with Crippen LogP contribution in [0, 0.1) is 5.92 Å². The molecule has 1 heterocycles. The minimum Gasteiger partial charge on any atom is -0.495 e. The standard InChI is InChI=1S/C20H24N2O6S2/c1-28-19-6-4-3-5-18(19)21-20(23)15-11-13-22(14-12-15)30(26,27)17-9-7-16(8-10-17)29(2,24)25/h3-10,15H,11-14H2,1-2H3,(H,21,23). The van der Waals surface area contributed by atoms with Crippen LogP contribution in [0.25, 0.3) is 0 Å². The van der Waals surface area contributed by atoms with E-state index in [-0.39, 0.29) is 34.7 Å². The molecule has 1 N–H and O–H groups in total. The maximum absolute atomic E-state index is 12.9. The molecule has 1 aliphatic heterocycles. The Labute approximate surface area is 176 Å². The molecule has 3 rings (SSSR count). The molecule has 1 amide bonds. The summed E-state index contributed by atoms with van der Waals surface area (Å²) in [6, 6.07) is 12.3. The number of rotatable bonds is 6. The normalized spacial score (nSPS) is 16.2. The molecule has 10 heteroatoms. The number of carbonyl (C=O) groups is 1. The number of benzene rings is 2. The molecule has 30 heavy (non-hydrogen) atoms. The fraction of sp³-hybridized carbons (Fsp3) is 0.350. The Balaban J connectivity index is 1.65. The summed E-state index contributed by atoms with van der Waals surface area (Å²) < 4.78 is 55.4. The minimum atomic E-state index is -3.76. The van der Waals surface area contributed by atoms with E-state index in [2.05, 4.69) is 5.32 Å². The van der Waals surface area contributed by atoms with Crippen LogP contribution in [0.2, 0.25) is 0 Å². The maximum atomic E-state index is 12.9. The van der Waals surface area contributed by atoms with Crippen molar-refractivity contribution in [3.05, 3.63) is 48.5 Å². The van der Waals surface area contributed by atoms with Gasteiger partial charge in [0, 0.05) is 25.3 Å². The van der Waals surface area contributed by atoms with Crippen molar-refractivity contribution in [3.8, 4) is 5.75 Å². The minimum absolute atomic E-state index is 0.0341. The van der Waals surface area contributed by atoms with E-state index in [1.54, 1.807) is 24.3 Å². The number of piperidine rings is 1. The van der Waals surface area contributed by atoms with E-state index < -0.39 is 19.9 Å². The molecule has 8 nitrogen and oxygen atoms in total. The van der Waals surface area contributed by atoms with Crippen LogP contribution in [-0.2, 0) is 24.7 Å². The first-order valence-corrected chi connectivity index (χ1v) is 12.7. The molecule has 0 radical (unpaired) electrons. The third-order valence-corrected chi connectivity index (χ3v) is 8.12. The van der Waals surface area contributed by atoms with Gasteiger partial charge in [0.05, 0.1) is 22.6 Å². The van der Waals surface area contributed by atoms with Crippen molar-refractivity contribution in [1.29, 1.82) is 0 Å². The first kappa shape index (κ1) is 22.3. The van der Waals surface area contributed by atoms with Gasteiger partial charge in [-0.2, -0.15) is 4.31 Å². The molecule has 1 saturated heterocycles. The van der Waals surface area contributed by atoms with E-state index in [0.717, 1.165) is 6.26 Å². The molecule has 0 atom stereocenters. The number of hydrogen-bond donors (Lipinski definition) is 1. The SMILES string of the molecule is COc1ccccc1NC(=O)C1CCN(S(=O)(=O)c2ccc(S(C)(=O)=O)cc2)CC1. The molecule has 0 aliphatic carbocycles. The Kier molecular flexibility index (Phi) is 6.49.